The Kier molecular flexibility index (Phi) is 5.19. The van der Waals surface area contributed by atoms with Gasteiger partial charge in [-0.2, -0.15) is 4.31 Å². The summed E-state index contributed by atoms with van der Waals surface area (Å²) in [6.45, 7) is 0.523. The number of thioether (sulfide) groups is 1. The highest BCUT2D eigenvalue weighted by molar-refractivity contribution is 14.1. The van der Waals surface area contributed by atoms with E-state index in [1.807, 2.05) is 36.4 Å². The van der Waals surface area contributed by atoms with Crippen molar-refractivity contribution < 1.29 is 13.2 Å². The molecule has 1 unspecified atom stereocenters. The first-order valence-corrected chi connectivity index (χ1v) is 10.6. The van der Waals surface area contributed by atoms with Crippen molar-refractivity contribution in [2.45, 2.75) is 10.3 Å². The van der Waals surface area contributed by atoms with Crippen LogP contribution in [0.4, 0.5) is 0 Å². The number of halogens is 1. The summed E-state index contributed by atoms with van der Waals surface area (Å²) < 4.78 is 33.6. The molecule has 1 heterocycles. The summed E-state index contributed by atoms with van der Waals surface area (Å²) in [5.41, 5.74) is 0.974. The van der Waals surface area contributed by atoms with Crippen LogP contribution in [0.1, 0.15) is 10.9 Å². The number of nitrogens with zero attached hydrogens (tertiary/aromatic N) is 1. The molecule has 1 atom stereocenters. The molecule has 1 aliphatic heterocycles. The smallest absolute Gasteiger partial charge is 0.244 e. The maximum atomic E-state index is 12.9. The predicted octanol–water partition coefficient (Wildman–Crippen LogP) is 3.74. The van der Waals surface area contributed by atoms with Crippen LogP contribution in [0, 0.1) is 3.57 Å². The molecule has 0 radical (unpaired) electrons. The minimum atomic E-state index is -3.49. The zero-order chi connectivity index (χ0) is 16.4. The van der Waals surface area contributed by atoms with Crippen LogP contribution in [0.2, 0.25) is 0 Å². The number of hydrogen-bond donors (Lipinski definition) is 0. The topological polar surface area (TPSA) is 46.6 Å². The van der Waals surface area contributed by atoms with E-state index in [0.29, 0.717) is 11.4 Å². The van der Waals surface area contributed by atoms with Gasteiger partial charge in [-0.15, -0.1) is 11.8 Å². The average molecular weight is 461 g/mol. The average Bonchev–Trinajstić information content (AvgIpc) is 3.06. The van der Waals surface area contributed by atoms with Crippen LogP contribution in [0.3, 0.4) is 0 Å². The van der Waals surface area contributed by atoms with E-state index < -0.39 is 10.0 Å². The van der Waals surface area contributed by atoms with E-state index in [1.54, 1.807) is 35.3 Å². The van der Waals surface area contributed by atoms with Gasteiger partial charge < -0.3 is 4.74 Å². The van der Waals surface area contributed by atoms with Crippen molar-refractivity contribution in [2.24, 2.45) is 0 Å². The summed E-state index contributed by atoms with van der Waals surface area (Å²) >= 11 is 3.81. The van der Waals surface area contributed by atoms with Crippen LogP contribution in [0.25, 0.3) is 0 Å². The van der Waals surface area contributed by atoms with Crippen LogP contribution in [0.15, 0.2) is 53.4 Å². The largest absolute Gasteiger partial charge is 0.497 e. The second-order valence-electron chi connectivity index (χ2n) is 5.07. The second-order valence-corrected chi connectivity index (χ2v) is 9.39. The van der Waals surface area contributed by atoms with Gasteiger partial charge in [0.25, 0.3) is 0 Å². The van der Waals surface area contributed by atoms with Crippen LogP contribution in [-0.4, -0.2) is 32.1 Å². The van der Waals surface area contributed by atoms with Crippen molar-refractivity contribution in [1.29, 1.82) is 0 Å². The molecule has 0 bridgehead atoms. The van der Waals surface area contributed by atoms with Gasteiger partial charge in [0.15, 0.2) is 0 Å². The van der Waals surface area contributed by atoms with E-state index in [-0.39, 0.29) is 5.37 Å². The number of sulfonamides is 1. The molecule has 1 fully saturated rings. The standard InChI is InChI=1S/C16H16INO3S2/c1-21-14-6-2-12(3-7-14)16-18(10-11-22-16)23(19,20)15-8-4-13(17)5-9-15/h2-9,16H,10-11H2,1H3. The normalized spacial score (nSPS) is 19.0. The maximum absolute atomic E-state index is 12.9. The van der Waals surface area contributed by atoms with E-state index in [4.69, 9.17) is 4.74 Å². The minimum absolute atomic E-state index is 0.190. The van der Waals surface area contributed by atoms with E-state index in [2.05, 4.69) is 22.6 Å². The molecule has 4 nitrogen and oxygen atoms in total. The zero-order valence-corrected chi connectivity index (χ0v) is 16.3. The second kappa shape index (κ2) is 7.00. The lowest BCUT2D eigenvalue weighted by atomic mass is 10.2. The summed E-state index contributed by atoms with van der Waals surface area (Å²) in [6, 6.07) is 14.6. The summed E-state index contributed by atoms with van der Waals surface area (Å²) in [6.07, 6.45) is 0. The molecule has 122 valence electrons. The first-order valence-electron chi connectivity index (χ1n) is 7.05. The van der Waals surface area contributed by atoms with Gasteiger partial charge >= 0.3 is 0 Å². The van der Waals surface area contributed by atoms with E-state index in [1.165, 1.54) is 0 Å². The van der Waals surface area contributed by atoms with E-state index in [0.717, 1.165) is 20.6 Å². The first-order chi connectivity index (χ1) is 11.0. The number of hydrogen-bond acceptors (Lipinski definition) is 4. The Hall–Kier alpha value is -0.770. The summed E-state index contributed by atoms with van der Waals surface area (Å²) in [4.78, 5) is 0.346. The van der Waals surface area contributed by atoms with Gasteiger partial charge in [0.05, 0.1) is 17.4 Å². The number of methoxy groups -OCH3 is 1. The molecule has 0 saturated carbocycles. The van der Waals surface area contributed by atoms with Crippen molar-refractivity contribution >= 4 is 44.4 Å². The number of rotatable bonds is 4. The number of ether oxygens (including phenoxy) is 1. The van der Waals surface area contributed by atoms with Crippen LogP contribution in [-0.2, 0) is 10.0 Å². The van der Waals surface area contributed by atoms with Crippen molar-refractivity contribution in [1.82, 2.24) is 4.31 Å². The Bertz CT molecular complexity index is 776. The molecule has 1 aliphatic rings. The van der Waals surface area contributed by atoms with Crippen molar-refractivity contribution in [3.05, 3.63) is 57.7 Å². The summed E-state index contributed by atoms with van der Waals surface area (Å²) in [7, 11) is -1.87. The molecule has 0 amide bonds. The molecule has 0 aromatic heterocycles. The van der Waals surface area contributed by atoms with Gasteiger partial charge in [-0.1, -0.05) is 12.1 Å². The molecule has 2 aromatic carbocycles. The maximum Gasteiger partial charge on any atom is 0.244 e. The van der Waals surface area contributed by atoms with Gasteiger partial charge in [-0.05, 0) is 64.6 Å². The van der Waals surface area contributed by atoms with Crippen molar-refractivity contribution in [3.8, 4) is 5.75 Å². The lowest BCUT2D eigenvalue weighted by Gasteiger charge is -2.23. The third kappa shape index (κ3) is 3.52. The predicted molar refractivity (Wildman–Crippen MR) is 101 cm³/mol. The highest BCUT2D eigenvalue weighted by Gasteiger charge is 2.36. The van der Waals surface area contributed by atoms with Gasteiger partial charge in [0.1, 0.15) is 5.75 Å². The fraction of sp³-hybridized carbons (Fsp3) is 0.250. The SMILES string of the molecule is COc1ccc(C2SCCN2S(=O)(=O)c2ccc(I)cc2)cc1. The highest BCUT2D eigenvalue weighted by atomic mass is 127. The van der Waals surface area contributed by atoms with Crippen LogP contribution < -0.4 is 4.74 Å². The van der Waals surface area contributed by atoms with Crippen molar-refractivity contribution in [2.75, 3.05) is 19.4 Å². The van der Waals surface area contributed by atoms with E-state index >= 15 is 0 Å². The molecule has 3 rings (SSSR count). The zero-order valence-electron chi connectivity index (χ0n) is 12.5. The Morgan fingerprint density at radius 3 is 2.39 bits per heavy atom. The quantitative estimate of drug-likeness (QED) is 0.652. The molecular formula is C16H16INO3S2. The molecule has 2 aromatic rings. The highest BCUT2D eigenvalue weighted by Crippen LogP contribution is 2.41. The third-order valence-corrected chi connectivity index (χ3v) is 7.66. The minimum Gasteiger partial charge on any atom is -0.497 e. The van der Waals surface area contributed by atoms with Crippen LogP contribution >= 0.6 is 34.4 Å². The molecule has 7 heteroatoms. The molecule has 1 saturated heterocycles. The Balaban J connectivity index is 1.92. The van der Waals surface area contributed by atoms with E-state index in [9.17, 15) is 8.42 Å². The fourth-order valence-electron chi connectivity index (χ4n) is 2.47. The van der Waals surface area contributed by atoms with Crippen molar-refractivity contribution in [3.63, 3.8) is 0 Å². The Labute approximate surface area is 154 Å². The van der Waals surface area contributed by atoms with Gasteiger partial charge in [-0.25, -0.2) is 8.42 Å². The van der Waals surface area contributed by atoms with Gasteiger partial charge in [0.2, 0.25) is 10.0 Å². The molecular weight excluding hydrogens is 445 g/mol. The lowest BCUT2D eigenvalue weighted by Crippen LogP contribution is -2.30. The lowest BCUT2D eigenvalue weighted by molar-refractivity contribution is 0.413. The number of benzene rings is 2. The van der Waals surface area contributed by atoms with Crippen LogP contribution in [0.5, 0.6) is 5.75 Å². The van der Waals surface area contributed by atoms with Gasteiger partial charge in [-0.3, -0.25) is 0 Å². The molecule has 0 N–H and O–H groups in total. The Morgan fingerprint density at radius 1 is 1.13 bits per heavy atom. The van der Waals surface area contributed by atoms with Gasteiger partial charge in [0, 0.05) is 15.9 Å². The third-order valence-electron chi connectivity index (χ3n) is 3.67. The first kappa shape index (κ1) is 17.1. The summed E-state index contributed by atoms with van der Waals surface area (Å²) in [5, 5.41) is -0.190. The molecule has 0 spiro atoms. The molecule has 0 aliphatic carbocycles. The molecule has 23 heavy (non-hydrogen) atoms. The summed E-state index contributed by atoms with van der Waals surface area (Å²) in [5.74, 6) is 1.56. The Morgan fingerprint density at radius 2 is 1.78 bits per heavy atom. The fourth-order valence-corrected chi connectivity index (χ4v) is 6.07. The monoisotopic (exact) mass is 461 g/mol.